The van der Waals surface area contributed by atoms with Gasteiger partial charge in [-0.3, -0.25) is 0 Å². The zero-order chi connectivity index (χ0) is 9.40. The summed E-state index contributed by atoms with van der Waals surface area (Å²) in [6, 6.07) is 8.18. The van der Waals surface area contributed by atoms with Crippen LogP contribution in [0.2, 0.25) is 0 Å². The maximum Gasteiger partial charge on any atom is 0.125 e. The van der Waals surface area contributed by atoms with Gasteiger partial charge in [-0.15, -0.1) is 0 Å². The molecule has 64 valence electrons. The van der Waals surface area contributed by atoms with Crippen molar-refractivity contribution in [3.63, 3.8) is 0 Å². The van der Waals surface area contributed by atoms with Gasteiger partial charge in [0.1, 0.15) is 5.82 Å². The molecule has 0 heterocycles. The van der Waals surface area contributed by atoms with Crippen LogP contribution in [-0.4, -0.2) is 0 Å². The Kier molecular flexibility index (Phi) is 5.46. The standard InChI is InChI=1S/C8H6FN.C2H6/c1-2-10-8-5-3-4-7(9)6-8;1-2/h1,3-6,10H;1-2H3. The van der Waals surface area contributed by atoms with Crippen LogP contribution in [0.4, 0.5) is 10.1 Å². The summed E-state index contributed by atoms with van der Waals surface area (Å²) in [7, 11) is 0. The molecule has 0 radical (unpaired) electrons. The predicted octanol–water partition coefficient (Wildman–Crippen LogP) is 2.85. The first-order chi connectivity index (χ1) is 5.83. The molecule has 0 amide bonds. The molecule has 1 aromatic rings. The number of hydrogen-bond acceptors (Lipinski definition) is 1. The lowest BCUT2D eigenvalue weighted by Gasteiger charge is -1.95. The Labute approximate surface area is 72.6 Å². The zero-order valence-corrected chi connectivity index (χ0v) is 7.26. The van der Waals surface area contributed by atoms with E-state index in [4.69, 9.17) is 6.42 Å². The Morgan fingerprint density at radius 1 is 1.42 bits per heavy atom. The molecule has 12 heavy (non-hydrogen) atoms. The van der Waals surface area contributed by atoms with Gasteiger partial charge < -0.3 is 5.32 Å². The van der Waals surface area contributed by atoms with Gasteiger partial charge in [-0.25, -0.2) is 4.39 Å². The van der Waals surface area contributed by atoms with Crippen molar-refractivity contribution in [2.24, 2.45) is 0 Å². The largest absolute Gasteiger partial charge is 0.315 e. The molecule has 0 fully saturated rings. The van der Waals surface area contributed by atoms with Crippen LogP contribution in [-0.2, 0) is 0 Å². The molecule has 0 aromatic heterocycles. The minimum atomic E-state index is -0.291. The van der Waals surface area contributed by atoms with Crippen molar-refractivity contribution in [1.29, 1.82) is 0 Å². The van der Waals surface area contributed by atoms with Crippen LogP contribution < -0.4 is 5.32 Å². The number of anilines is 1. The lowest BCUT2D eigenvalue weighted by molar-refractivity contribution is 0.628. The van der Waals surface area contributed by atoms with E-state index in [2.05, 4.69) is 11.4 Å². The van der Waals surface area contributed by atoms with Crippen molar-refractivity contribution in [2.75, 3.05) is 5.32 Å². The molecule has 0 aliphatic rings. The molecule has 1 aromatic carbocycles. The maximum absolute atomic E-state index is 12.4. The van der Waals surface area contributed by atoms with E-state index >= 15 is 0 Å². The fourth-order valence-corrected chi connectivity index (χ4v) is 0.650. The Morgan fingerprint density at radius 3 is 2.58 bits per heavy atom. The van der Waals surface area contributed by atoms with Crippen molar-refractivity contribution >= 4 is 5.69 Å². The molecule has 1 nitrogen and oxygen atoms in total. The molecule has 1 rings (SSSR count). The van der Waals surface area contributed by atoms with Crippen LogP contribution in [0.15, 0.2) is 24.3 Å². The molecule has 0 saturated carbocycles. The summed E-state index contributed by atoms with van der Waals surface area (Å²) in [5, 5.41) is 2.54. The molecule has 0 bridgehead atoms. The quantitative estimate of drug-likeness (QED) is 0.498. The van der Waals surface area contributed by atoms with E-state index in [0.717, 1.165) is 0 Å². The summed E-state index contributed by atoms with van der Waals surface area (Å²) in [6.45, 7) is 4.00. The minimum Gasteiger partial charge on any atom is -0.315 e. The van der Waals surface area contributed by atoms with E-state index < -0.39 is 0 Å². The first-order valence-corrected chi connectivity index (χ1v) is 3.80. The zero-order valence-electron chi connectivity index (χ0n) is 7.26. The molecule has 0 aliphatic heterocycles. The normalized spacial score (nSPS) is 7.50. The lowest BCUT2D eigenvalue weighted by Crippen LogP contribution is -1.86. The molecule has 0 spiro atoms. The Bertz CT molecular complexity index is 263. The van der Waals surface area contributed by atoms with Gasteiger partial charge in [0.2, 0.25) is 0 Å². The third kappa shape index (κ3) is 3.62. The number of halogens is 1. The van der Waals surface area contributed by atoms with Crippen molar-refractivity contribution in [3.05, 3.63) is 30.1 Å². The Morgan fingerprint density at radius 2 is 2.08 bits per heavy atom. The lowest BCUT2D eigenvalue weighted by atomic mass is 10.3. The van der Waals surface area contributed by atoms with Gasteiger partial charge in [-0.1, -0.05) is 26.3 Å². The van der Waals surface area contributed by atoms with Crippen molar-refractivity contribution in [3.8, 4) is 12.5 Å². The number of rotatable bonds is 1. The van der Waals surface area contributed by atoms with Gasteiger partial charge in [0.05, 0.1) is 0 Å². The first kappa shape index (κ1) is 10.5. The van der Waals surface area contributed by atoms with E-state index in [9.17, 15) is 4.39 Å². The summed E-state index contributed by atoms with van der Waals surface area (Å²) in [6.07, 6.45) is 4.93. The highest BCUT2D eigenvalue weighted by Crippen LogP contribution is 2.07. The Hall–Kier alpha value is -1.49. The molecule has 0 unspecified atom stereocenters. The Balaban J connectivity index is 0.000000561. The van der Waals surface area contributed by atoms with Crippen molar-refractivity contribution < 1.29 is 4.39 Å². The smallest absolute Gasteiger partial charge is 0.125 e. The number of terminal acetylenes is 1. The highest BCUT2D eigenvalue weighted by atomic mass is 19.1. The van der Waals surface area contributed by atoms with E-state index in [1.807, 2.05) is 13.8 Å². The molecule has 2 heteroatoms. The average Bonchev–Trinajstić information content (AvgIpc) is 2.09. The summed E-state index contributed by atoms with van der Waals surface area (Å²) >= 11 is 0. The van der Waals surface area contributed by atoms with Crippen LogP contribution in [0.3, 0.4) is 0 Å². The number of hydrogen-bond donors (Lipinski definition) is 1. The van der Waals surface area contributed by atoms with Crippen LogP contribution in [0.1, 0.15) is 13.8 Å². The van der Waals surface area contributed by atoms with Crippen LogP contribution in [0, 0.1) is 18.3 Å². The summed E-state index contributed by atoms with van der Waals surface area (Å²) in [4.78, 5) is 0. The van der Waals surface area contributed by atoms with Gasteiger partial charge in [-0.05, 0) is 18.2 Å². The third-order valence-electron chi connectivity index (χ3n) is 1.04. The van der Waals surface area contributed by atoms with E-state index in [1.54, 1.807) is 12.1 Å². The molecule has 0 saturated heterocycles. The molecule has 0 aliphatic carbocycles. The van der Waals surface area contributed by atoms with Crippen molar-refractivity contribution in [1.82, 2.24) is 0 Å². The van der Waals surface area contributed by atoms with Gasteiger partial charge >= 0.3 is 0 Å². The topological polar surface area (TPSA) is 12.0 Å². The SMILES string of the molecule is C#CNc1cccc(F)c1.CC. The highest BCUT2D eigenvalue weighted by Gasteiger charge is 1.89. The van der Waals surface area contributed by atoms with Crippen molar-refractivity contribution in [2.45, 2.75) is 13.8 Å². The molecular weight excluding hydrogens is 153 g/mol. The molecular formula is C10H12FN. The average molecular weight is 165 g/mol. The van der Waals surface area contributed by atoms with Crippen LogP contribution >= 0.6 is 0 Å². The van der Waals surface area contributed by atoms with Gasteiger partial charge in [0.25, 0.3) is 0 Å². The summed E-state index contributed by atoms with van der Waals surface area (Å²) in [5.41, 5.74) is 0.600. The van der Waals surface area contributed by atoms with E-state index in [0.29, 0.717) is 5.69 Å². The van der Waals surface area contributed by atoms with Crippen LogP contribution in [0.5, 0.6) is 0 Å². The number of benzene rings is 1. The predicted molar refractivity (Wildman–Crippen MR) is 50.2 cm³/mol. The summed E-state index contributed by atoms with van der Waals surface area (Å²) < 4.78 is 12.4. The molecule has 1 N–H and O–H groups in total. The van der Waals surface area contributed by atoms with E-state index in [1.165, 1.54) is 12.1 Å². The fraction of sp³-hybridized carbons (Fsp3) is 0.200. The monoisotopic (exact) mass is 165 g/mol. The molecule has 0 atom stereocenters. The van der Waals surface area contributed by atoms with Gasteiger partial charge in [-0.2, -0.15) is 0 Å². The van der Waals surface area contributed by atoms with Gasteiger partial charge in [0.15, 0.2) is 0 Å². The van der Waals surface area contributed by atoms with E-state index in [-0.39, 0.29) is 5.82 Å². The van der Waals surface area contributed by atoms with Crippen LogP contribution in [0.25, 0.3) is 0 Å². The highest BCUT2D eigenvalue weighted by molar-refractivity contribution is 5.46. The maximum atomic E-state index is 12.4. The first-order valence-electron chi connectivity index (χ1n) is 3.80. The number of nitrogens with one attached hydrogen (secondary N) is 1. The van der Waals surface area contributed by atoms with Gasteiger partial charge in [0, 0.05) is 11.7 Å². The summed E-state index contributed by atoms with van der Waals surface area (Å²) in [5.74, 6) is -0.291. The third-order valence-corrected chi connectivity index (χ3v) is 1.04. The second-order valence-corrected chi connectivity index (χ2v) is 1.78. The minimum absolute atomic E-state index is 0.291. The second-order valence-electron chi connectivity index (χ2n) is 1.78. The second kappa shape index (κ2) is 6.23. The fourth-order valence-electron chi connectivity index (χ4n) is 0.650.